The molecule has 0 aliphatic heterocycles. The number of ketones is 1. The van der Waals surface area contributed by atoms with E-state index in [4.69, 9.17) is 0 Å². The van der Waals surface area contributed by atoms with Crippen LogP contribution < -0.4 is 0 Å². The van der Waals surface area contributed by atoms with Crippen molar-refractivity contribution in [3.63, 3.8) is 0 Å². The summed E-state index contributed by atoms with van der Waals surface area (Å²) in [5.74, 6) is 0.0514. The van der Waals surface area contributed by atoms with Crippen molar-refractivity contribution in [2.75, 3.05) is 6.54 Å². The second-order valence-corrected chi connectivity index (χ2v) is 5.27. The van der Waals surface area contributed by atoms with Crippen molar-refractivity contribution in [2.45, 2.75) is 38.0 Å². The molecular formula is C15H19NO3. The van der Waals surface area contributed by atoms with Gasteiger partial charge in [0.05, 0.1) is 5.92 Å². The van der Waals surface area contributed by atoms with E-state index in [0.717, 1.165) is 31.2 Å². The Bertz CT molecular complexity index is 438. The first-order valence-electron chi connectivity index (χ1n) is 6.86. The molecule has 4 nitrogen and oxygen atoms in total. The highest BCUT2D eigenvalue weighted by molar-refractivity contribution is 5.82. The van der Waals surface area contributed by atoms with Crippen LogP contribution in [0.5, 0.6) is 0 Å². The van der Waals surface area contributed by atoms with Gasteiger partial charge in [0.2, 0.25) is 6.54 Å². The maximum Gasteiger partial charge on any atom is 0.211 e. The molecule has 1 unspecified atom stereocenters. The number of carbonyl (C=O) groups excluding carboxylic acids is 1. The molecular weight excluding hydrogens is 242 g/mol. The van der Waals surface area contributed by atoms with Crippen molar-refractivity contribution in [2.24, 2.45) is 5.92 Å². The van der Waals surface area contributed by atoms with E-state index in [0.29, 0.717) is 6.42 Å². The minimum Gasteiger partial charge on any atom is -0.299 e. The number of nitrogens with zero attached hydrogens (tertiary/aromatic N) is 1. The van der Waals surface area contributed by atoms with Crippen LogP contribution in [0.25, 0.3) is 0 Å². The van der Waals surface area contributed by atoms with Crippen molar-refractivity contribution in [1.82, 2.24) is 0 Å². The number of Topliss-reactive ketones (excluding diaryl/α,β-unsaturated/α-hetero) is 1. The van der Waals surface area contributed by atoms with Crippen molar-refractivity contribution in [3.05, 3.63) is 46.0 Å². The fraction of sp³-hybridized carbons (Fsp3) is 0.533. The third-order valence-corrected chi connectivity index (χ3v) is 3.90. The number of carbonyl (C=O) groups is 1. The van der Waals surface area contributed by atoms with E-state index in [2.05, 4.69) is 0 Å². The van der Waals surface area contributed by atoms with E-state index in [1.54, 1.807) is 0 Å². The van der Waals surface area contributed by atoms with Crippen LogP contribution >= 0.6 is 0 Å². The quantitative estimate of drug-likeness (QED) is 0.583. The van der Waals surface area contributed by atoms with Gasteiger partial charge in [-0.25, -0.2) is 0 Å². The van der Waals surface area contributed by atoms with Crippen molar-refractivity contribution in [1.29, 1.82) is 0 Å². The minimum atomic E-state index is -0.320. The summed E-state index contributed by atoms with van der Waals surface area (Å²) < 4.78 is 0. The zero-order valence-corrected chi connectivity index (χ0v) is 11.0. The highest BCUT2D eigenvalue weighted by atomic mass is 16.6. The summed E-state index contributed by atoms with van der Waals surface area (Å²) in [6.07, 6.45) is 4.44. The van der Waals surface area contributed by atoms with Gasteiger partial charge in [0.25, 0.3) is 0 Å². The van der Waals surface area contributed by atoms with Gasteiger partial charge in [0, 0.05) is 17.3 Å². The van der Waals surface area contributed by atoms with E-state index < -0.39 is 0 Å². The van der Waals surface area contributed by atoms with Gasteiger partial charge >= 0.3 is 0 Å². The molecule has 0 bridgehead atoms. The lowest BCUT2D eigenvalue weighted by Gasteiger charge is -2.15. The second-order valence-electron chi connectivity index (χ2n) is 5.27. The third kappa shape index (κ3) is 3.88. The molecule has 0 heterocycles. The number of hydrogen-bond donors (Lipinski definition) is 0. The molecule has 0 spiro atoms. The van der Waals surface area contributed by atoms with Crippen LogP contribution in [0, 0.1) is 16.0 Å². The first-order chi connectivity index (χ1) is 9.16. The lowest BCUT2D eigenvalue weighted by Crippen LogP contribution is -2.20. The number of nitro groups is 1. The van der Waals surface area contributed by atoms with Gasteiger partial charge in [0.15, 0.2) is 0 Å². The molecule has 0 N–H and O–H groups in total. The molecule has 19 heavy (non-hydrogen) atoms. The Hall–Kier alpha value is -1.71. The predicted octanol–water partition coefficient (Wildman–Crippen LogP) is 3.20. The van der Waals surface area contributed by atoms with E-state index in [1.165, 1.54) is 0 Å². The molecule has 102 valence electrons. The van der Waals surface area contributed by atoms with Gasteiger partial charge < -0.3 is 0 Å². The average molecular weight is 261 g/mol. The minimum absolute atomic E-state index is 0.137. The maximum atomic E-state index is 12.2. The molecule has 1 aromatic rings. The molecule has 1 aliphatic carbocycles. The first-order valence-corrected chi connectivity index (χ1v) is 6.86. The molecule has 1 aliphatic rings. The van der Waals surface area contributed by atoms with Crippen LogP contribution in [0.3, 0.4) is 0 Å². The van der Waals surface area contributed by atoms with Gasteiger partial charge in [-0.15, -0.1) is 0 Å². The Kier molecular flexibility index (Phi) is 4.66. The Labute approximate surface area is 113 Å². The molecule has 1 fully saturated rings. The highest BCUT2D eigenvalue weighted by Crippen LogP contribution is 2.30. The number of rotatable bonds is 6. The van der Waals surface area contributed by atoms with Crippen LogP contribution in [-0.4, -0.2) is 17.3 Å². The zero-order chi connectivity index (χ0) is 13.7. The molecule has 0 radical (unpaired) electrons. The Morgan fingerprint density at radius 1 is 1.26 bits per heavy atom. The Balaban J connectivity index is 2.05. The number of hydrogen-bond acceptors (Lipinski definition) is 3. The third-order valence-electron chi connectivity index (χ3n) is 3.90. The fourth-order valence-electron chi connectivity index (χ4n) is 2.85. The standard InChI is InChI=1S/C15H19NO3/c17-15(13-8-4-5-9-13)10-14(11-16(18)19)12-6-2-1-3-7-12/h1-3,6-7,13-14H,4-5,8-11H2. The van der Waals surface area contributed by atoms with Gasteiger partial charge in [-0.3, -0.25) is 14.9 Å². The molecule has 1 aromatic carbocycles. The second kappa shape index (κ2) is 6.45. The van der Waals surface area contributed by atoms with Crippen LogP contribution in [0.4, 0.5) is 0 Å². The van der Waals surface area contributed by atoms with E-state index >= 15 is 0 Å². The van der Waals surface area contributed by atoms with Gasteiger partial charge in [0.1, 0.15) is 5.78 Å². The summed E-state index contributed by atoms with van der Waals surface area (Å²) in [4.78, 5) is 22.6. The first kappa shape index (κ1) is 13.7. The van der Waals surface area contributed by atoms with Crippen LogP contribution in [0.1, 0.15) is 43.6 Å². The lowest BCUT2D eigenvalue weighted by atomic mass is 9.89. The smallest absolute Gasteiger partial charge is 0.211 e. The average Bonchev–Trinajstić information content (AvgIpc) is 2.92. The molecule has 1 atom stereocenters. The summed E-state index contributed by atoms with van der Waals surface area (Å²) in [6, 6.07) is 9.35. The SMILES string of the molecule is O=C(CC(C[N+](=O)[O-])c1ccccc1)C1CCCC1. The van der Waals surface area contributed by atoms with Gasteiger partial charge in [-0.2, -0.15) is 0 Å². The van der Waals surface area contributed by atoms with Crippen molar-refractivity contribution in [3.8, 4) is 0 Å². The molecule has 1 saturated carbocycles. The Morgan fingerprint density at radius 3 is 2.47 bits per heavy atom. The monoisotopic (exact) mass is 261 g/mol. The highest BCUT2D eigenvalue weighted by Gasteiger charge is 2.27. The fourth-order valence-corrected chi connectivity index (χ4v) is 2.85. The Morgan fingerprint density at radius 2 is 1.89 bits per heavy atom. The maximum absolute atomic E-state index is 12.2. The predicted molar refractivity (Wildman–Crippen MR) is 72.6 cm³/mol. The molecule has 0 saturated heterocycles. The van der Waals surface area contributed by atoms with Crippen LogP contribution in [-0.2, 0) is 4.79 Å². The van der Waals surface area contributed by atoms with Crippen molar-refractivity contribution < 1.29 is 9.72 Å². The van der Waals surface area contributed by atoms with Crippen molar-refractivity contribution >= 4 is 5.78 Å². The van der Waals surface area contributed by atoms with Crippen LogP contribution in [0.2, 0.25) is 0 Å². The van der Waals surface area contributed by atoms with Gasteiger partial charge in [-0.1, -0.05) is 43.2 Å². The summed E-state index contributed by atoms with van der Waals surface area (Å²) in [6.45, 7) is -0.164. The van der Waals surface area contributed by atoms with E-state index in [1.807, 2.05) is 30.3 Å². The largest absolute Gasteiger partial charge is 0.299 e. The van der Waals surface area contributed by atoms with Gasteiger partial charge in [-0.05, 0) is 18.4 Å². The van der Waals surface area contributed by atoms with Crippen LogP contribution in [0.15, 0.2) is 30.3 Å². The van der Waals surface area contributed by atoms with E-state index in [-0.39, 0.29) is 29.1 Å². The number of benzene rings is 1. The molecule has 0 amide bonds. The summed E-state index contributed by atoms with van der Waals surface area (Å²) in [7, 11) is 0. The topological polar surface area (TPSA) is 60.2 Å². The molecule has 2 rings (SSSR count). The molecule has 4 heteroatoms. The summed E-state index contributed by atoms with van der Waals surface area (Å²) in [5.41, 5.74) is 0.894. The van der Waals surface area contributed by atoms with E-state index in [9.17, 15) is 14.9 Å². The zero-order valence-electron chi connectivity index (χ0n) is 11.0. The normalized spacial score (nSPS) is 17.3. The lowest BCUT2D eigenvalue weighted by molar-refractivity contribution is -0.483. The molecule has 0 aromatic heterocycles. The summed E-state index contributed by atoms with van der Waals surface area (Å²) in [5, 5.41) is 10.8. The summed E-state index contributed by atoms with van der Waals surface area (Å²) >= 11 is 0.